The second-order valence-electron chi connectivity index (χ2n) is 6.60. The molecule has 0 spiro atoms. The summed E-state index contributed by atoms with van der Waals surface area (Å²) in [6.07, 6.45) is 4.84. The largest absolute Gasteiger partial charge is 0.375 e. The van der Waals surface area contributed by atoms with Crippen molar-refractivity contribution in [2.75, 3.05) is 29.1 Å². The Morgan fingerprint density at radius 1 is 1.30 bits per heavy atom. The van der Waals surface area contributed by atoms with Gasteiger partial charge >= 0.3 is 0 Å². The average molecular weight is 314 g/mol. The molecule has 1 aliphatic carbocycles. The Morgan fingerprint density at radius 2 is 2.13 bits per heavy atom. The number of aromatic amines is 1. The van der Waals surface area contributed by atoms with Crippen molar-refractivity contribution >= 4 is 34.3 Å². The second kappa shape index (κ2) is 5.40. The van der Waals surface area contributed by atoms with Crippen molar-refractivity contribution in [3.8, 4) is 0 Å². The van der Waals surface area contributed by atoms with E-state index in [0.29, 0.717) is 24.3 Å². The topological polar surface area (TPSA) is 85.9 Å². The van der Waals surface area contributed by atoms with Gasteiger partial charge in [0.25, 0.3) is 0 Å². The van der Waals surface area contributed by atoms with Gasteiger partial charge in [0.1, 0.15) is 5.82 Å². The number of carbonyl (C=O) groups excluding carboxylic acids is 1. The Kier molecular flexibility index (Phi) is 3.36. The lowest BCUT2D eigenvalue weighted by molar-refractivity contribution is -0.115. The van der Waals surface area contributed by atoms with Gasteiger partial charge in [-0.05, 0) is 24.8 Å². The molecule has 2 unspecified atom stereocenters. The summed E-state index contributed by atoms with van der Waals surface area (Å²) >= 11 is 0. The van der Waals surface area contributed by atoms with E-state index in [4.69, 9.17) is 0 Å². The highest BCUT2D eigenvalue weighted by molar-refractivity contribution is 6.07. The minimum atomic E-state index is -0.00620. The number of fused-ring (bicyclic) bond motifs is 3. The Balaban J connectivity index is 1.86. The average Bonchev–Trinajstić information content (AvgIpc) is 2.97. The first-order valence-electron chi connectivity index (χ1n) is 8.31. The number of rotatable bonds is 2. The SMILES string of the molecule is CNc1cc2c3c(nnc2[nH]1)NC(=O)CN3C1CCCCC1C. The Morgan fingerprint density at radius 3 is 2.91 bits per heavy atom. The number of carbonyl (C=O) groups is 1. The number of aromatic nitrogens is 3. The summed E-state index contributed by atoms with van der Waals surface area (Å²) in [4.78, 5) is 17.6. The van der Waals surface area contributed by atoms with Crippen molar-refractivity contribution in [3.63, 3.8) is 0 Å². The summed E-state index contributed by atoms with van der Waals surface area (Å²) in [7, 11) is 1.87. The molecule has 1 amide bonds. The fourth-order valence-electron chi connectivity index (χ4n) is 3.94. The summed E-state index contributed by atoms with van der Waals surface area (Å²) in [5.74, 6) is 2.05. The zero-order valence-corrected chi connectivity index (χ0v) is 13.5. The number of hydrogen-bond donors (Lipinski definition) is 3. The summed E-state index contributed by atoms with van der Waals surface area (Å²) in [6.45, 7) is 2.68. The predicted molar refractivity (Wildman–Crippen MR) is 90.8 cm³/mol. The van der Waals surface area contributed by atoms with Crippen LogP contribution in [-0.2, 0) is 4.79 Å². The number of hydrogen-bond acceptors (Lipinski definition) is 5. The molecule has 2 aromatic rings. The molecule has 0 saturated heterocycles. The van der Waals surface area contributed by atoms with E-state index in [0.717, 1.165) is 29.0 Å². The van der Waals surface area contributed by atoms with Gasteiger partial charge in [0.2, 0.25) is 5.91 Å². The van der Waals surface area contributed by atoms with Crippen LogP contribution in [0, 0.1) is 5.92 Å². The van der Waals surface area contributed by atoms with Crippen molar-refractivity contribution in [1.82, 2.24) is 15.2 Å². The van der Waals surface area contributed by atoms with Gasteiger partial charge in [-0.25, -0.2) is 0 Å². The minimum absolute atomic E-state index is 0.00620. The molecule has 0 aromatic carbocycles. The first-order chi connectivity index (χ1) is 11.2. The number of anilines is 3. The van der Waals surface area contributed by atoms with Gasteiger partial charge in [-0.3, -0.25) is 4.79 Å². The molecular weight excluding hydrogens is 292 g/mol. The van der Waals surface area contributed by atoms with Gasteiger partial charge in [-0.1, -0.05) is 19.8 Å². The zero-order valence-electron chi connectivity index (χ0n) is 13.5. The lowest BCUT2D eigenvalue weighted by atomic mass is 9.84. The standard InChI is InChI=1S/C16H22N6O/c1-9-5-3-4-6-11(9)22-8-13(23)19-16-14(22)10-7-12(17-2)18-15(10)20-21-16/h7,9,11,17H,3-6,8H2,1-2H3,(H,18,20)(H,19,21,23). The Bertz CT molecular complexity index is 754. The van der Waals surface area contributed by atoms with E-state index in [-0.39, 0.29) is 5.91 Å². The highest BCUT2D eigenvalue weighted by Gasteiger charge is 2.35. The number of nitrogens with one attached hydrogen (secondary N) is 3. The molecule has 1 fully saturated rings. The van der Waals surface area contributed by atoms with Crippen LogP contribution in [0.4, 0.5) is 17.3 Å². The van der Waals surface area contributed by atoms with Gasteiger partial charge < -0.3 is 20.5 Å². The lowest BCUT2D eigenvalue weighted by Crippen LogP contribution is -2.48. The van der Waals surface area contributed by atoms with Gasteiger partial charge in [-0.15, -0.1) is 10.2 Å². The molecule has 3 N–H and O–H groups in total. The van der Waals surface area contributed by atoms with Gasteiger partial charge in [0.15, 0.2) is 11.5 Å². The fraction of sp³-hybridized carbons (Fsp3) is 0.562. The fourth-order valence-corrected chi connectivity index (χ4v) is 3.94. The quantitative estimate of drug-likeness (QED) is 0.792. The molecule has 2 atom stereocenters. The molecule has 7 nitrogen and oxygen atoms in total. The van der Waals surface area contributed by atoms with Crippen LogP contribution >= 0.6 is 0 Å². The van der Waals surface area contributed by atoms with Gasteiger partial charge in [0, 0.05) is 18.5 Å². The molecule has 1 saturated carbocycles. The molecular formula is C16H22N6O. The van der Waals surface area contributed by atoms with E-state index in [1.807, 2.05) is 13.1 Å². The van der Waals surface area contributed by atoms with Gasteiger partial charge in [0.05, 0.1) is 12.2 Å². The second-order valence-corrected chi connectivity index (χ2v) is 6.60. The third-order valence-electron chi connectivity index (χ3n) is 5.12. The van der Waals surface area contributed by atoms with Gasteiger partial charge in [-0.2, -0.15) is 0 Å². The van der Waals surface area contributed by atoms with E-state index in [9.17, 15) is 4.79 Å². The molecule has 7 heteroatoms. The first-order valence-corrected chi connectivity index (χ1v) is 8.31. The molecule has 1 aliphatic heterocycles. The van der Waals surface area contributed by atoms with Crippen LogP contribution in [0.2, 0.25) is 0 Å². The smallest absolute Gasteiger partial charge is 0.245 e. The first kappa shape index (κ1) is 14.3. The minimum Gasteiger partial charge on any atom is -0.375 e. The maximum absolute atomic E-state index is 12.1. The van der Waals surface area contributed by atoms with Crippen LogP contribution in [0.1, 0.15) is 32.6 Å². The lowest BCUT2D eigenvalue weighted by Gasteiger charge is -2.42. The molecule has 0 bridgehead atoms. The number of amides is 1. The normalized spacial score (nSPS) is 24.4. The molecule has 3 heterocycles. The molecule has 0 radical (unpaired) electrons. The van der Waals surface area contributed by atoms with E-state index in [2.05, 4.69) is 37.6 Å². The Labute approximate surface area is 134 Å². The molecule has 2 aromatic heterocycles. The predicted octanol–water partition coefficient (Wildman–Crippen LogP) is 2.34. The summed E-state index contributed by atoms with van der Waals surface area (Å²) < 4.78 is 0. The summed E-state index contributed by atoms with van der Waals surface area (Å²) in [5.41, 5.74) is 1.75. The number of nitrogens with zero attached hydrogens (tertiary/aromatic N) is 3. The van der Waals surface area contributed by atoms with E-state index >= 15 is 0 Å². The highest BCUT2D eigenvalue weighted by Crippen LogP contribution is 2.40. The Hall–Kier alpha value is -2.31. The van der Waals surface area contributed by atoms with Crippen LogP contribution in [0.15, 0.2) is 6.07 Å². The van der Waals surface area contributed by atoms with Crippen LogP contribution in [0.25, 0.3) is 11.0 Å². The van der Waals surface area contributed by atoms with Crippen molar-refractivity contribution in [1.29, 1.82) is 0 Å². The van der Waals surface area contributed by atoms with Crippen molar-refractivity contribution in [2.24, 2.45) is 5.92 Å². The van der Waals surface area contributed by atoms with E-state index in [1.165, 1.54) is 19.3 Å². The summed E-state index contributed by atoms with van der Waals surface area (Å²) in [6, 6.07) is 2.43. The highest BCUT2D eigenvalue weighted by atomic mass is 16.2. The summed E-state index contributed by atoms with van der Waals surface area (Å²) in [5, 5.41) is 15.4. The maximum Gasteiger partial charge on any atom is 0.245 e. The third kappa shape index (κ3) is 2.31. The van der Waals surface area contributed by atoms with Crippen LogP contribution in [0.3, 0.4) is 0 Å². The molecule has 122 valence electrons. The van der Waals surface area contributed by atoms with Crippen molar-refractivity contribution in [2.45, 2.75) is 38.6 Å². The van der Waals surface area contributed by atoms with Crippen molar-refractivity contribution < 1.29 is 4.79 Å². The van der Waals surface area contributed by atoms with Crippen molar-refractivity contribution in [3.05, 3.63) is 6.07 Å². The van der Waals surface area contributed by atoms with Crippen LogP contribution in [0.5, 0.6) is 0 Å². The van der Waals surface area contributed by atoms with E-state index in [1.54, 1.807) is 0 Å². The molecule has 4 rings (SSSR count). The number of H-pyrrole nitrogens is 1. The third-order valence-corrected chi connectivity index (χ3v) is 5.12. The van der Waals surface area contributed by atoms with Crippen LogP contribution < -0.4 is 15.5 Å². The monoisotopic (exact) mass is 314 g/mol. The van der Waals surface area contributed by atoms with E-state index < -0.39 is 0 Å². The zero-order chi connectivity index (χ0) is 16.0. The molecule has 2 aliphatic rings. The molecule has 23 heavy (non-hydrogen) atoms. The van der Waals surface area contributed by atoms with Crippen LogP contribution in [-0.4, -0.2) is 40.7 Å². The maximum atomic E-state index is 12.1.